The summed E-state index contributed by atoms with van der Waals surface area (Å²) in [6.07, 6.45) is 1.69. The molecule has 0 radical (unpaired) electrons. The van der Waals surface area contributed by atoms with Gasteiger partial charge in [-0.05, 0) is 37.3 Å². The first kappa shape index (κ1) is 15.3. The Morgan fingerprint density at radius 2 is 2.00 bits per heavy atom. The summed E-state index contributed by atoms with van der Waals surface area (Å²) >= 11 is 0. The minimum atomic E-state index is -4.04. The van der Waals surface area contributed by atoms with Crippen molar-refractivity contribution in [3.8, 4) is 0 Å². The Kier molecular flexibility index (Phi) is 4.41. The molecule has 4 nitrogen and oxygen atoms in total. The van der Waals surface area contributed by atoms with Gasteiger partial charge in [0.05, 0.1) is 6.10 Å². The van der Waals surface area contributed by atoms with Gasteiger partial charge in [-0.1, -0.05) is 6.42 Å². The fourth-order valence-corrected chi connectivity index (χ4v) is 3.62. The van der Waals surface area contributed by atoms with E-state index in [-0.39, 0.29) is 18.0 Å². The minimum absolute atomic E-state index is 0.0549. The smallest absolute Gasteiger partial charge is 0.243 e. The number of aliphatic hydroxyl groups excluding tert-OH is 1. The fraction of sp³-hybridized carbons (Fsp3) is 0.538. The molecule has 2 N–H and O–H groups in total. The van der Waals surface area contributed by atoms with Crippen LogP contribution in [0.15, 0.2) is 17.0 Å². The zero-order chi connectivity index (χ0) is 14.9. The summed E-state index contributed by atoms with van der Waals surface area (Å²) in [6.45, 7) is 1.42. The average molecular weight is 305 g/mol. The van der Waals surface area contributed by atoms with Crippen molar-refractivity contribution in [2.45, 2.75) is 37.2 Å². The molecule has 1 fully saturated rings. The topological polar surface area (TPSA) is 66.4 Å². The summed E-state index contributed by atoms with van der Waals surface area (Å²) in [5.74, 6) is -2.06. The lowest BCUT2D eigenvalue weighted by Gasteiger charge is -2.15. The first-order valence-corrected chi connectivity index (χ1v) is 7.93. The number of sulfonamides is 1. The van der Waals surface area contributed by atoms with Crippen LogP contribution in [-0.4, -0.2) is 26.2 Å². The van der Waals surface area contributed by atoms with Gasteiger partial charge < -0.3 is 5.11 Å². The Morgan fingerprint density at radius 1 is 1.30 bits per heavy atom. The Balaban J connectivity index is 2.16. The van der Waals surface area contributed by atoms with Gasteiger partial charge in [0.2, 0.25) is 10.0 Å². The van der Waals surface area contributed by atoms with Crippen molar-refractivity contribution in [2.75, 3.05) is 6.54 Å². The molecule has 1 aliphatic carbocycles. The van der Waals surface area contributed by atoms with Crippen LogP contribution in [0.25, 0.3) is 0 Å². The van der Waals surface area contributed by atoms with Gasteiger partial charge >= 0.3 is 0 Å². The van der Waals surface area contributed by atoms with Crippen molar-refractivity contribution in [1.82, 2.24) is 4.72 Å². The number of nitrogens with one attached hydrogen (secondary N) is 1. The summed E-state index contributed by atoms with van der Waals surface area (Å²) in [7, 11) is -4.04. The van der Waals surface area contributed by atoms with Gasteiger partial charge in [0.15, 0.2) is 0 Å². The van der Waals surface area contributed by atoms with Crippen LogP contribution in [0.2, 0.25) is 0 Å². The largest absolute Gasteiger partial charge is 0.393 e. The highest BCUT2D eigenvalue weighted by molar-refractivity contribution is 7.89. The van der Waals surface area contributed by atoms with Crippen molar-refractivity contribution in [2.24, 2.45) is 5.92 Å². The predicted molar refractivity (Wildman–Crippen MR) is 69.6 cm³/mol. The molecule has 20 heavy (non-hydrogen) atoms. The van der Waals surface area contributed by atoms with Gasteiger partial charge in [0.25, 0.3) is 0 Å². The second-order valence-electron chi connectivity index (χ2n) is 5.14. The van der Waals surface area contributed by atoms with Gasteiger partial charge in [0.1, 0.15) is 16.5 Å². The second-order valence-corrected chi connectivity index (χ2v) is 6.88. The molecule has 1 saturated carbocycles. The molecule has 0 aliphatic heterocycles. The summed E-state index contributed by atoms with van der Waals surface area (Å²) < 4.78 is 53.1. The Labute approximate surface area is 116 Å². The number of benzene rings is 1. The van der Waals surface area contributed by atoms with Crippen molar-refractivity contribution in [3.63, 3.8) is 0 Å². The molecule has 1 aromatic rings. The van der Waals surface area contributed by atoms with Crippen LogP contribution in [-0.2, 0) is 10.0 Å². The summed E-state index contributed by atoms with van der Waals surface area (Å²) in [5.41, 5.74) is 0.0627. The summed E-state index contributed by atoms with van der Waals surface area (Å²) in [4.78, 5) is -0.566. The molecule has 0 spiro atoms. The number of aryl methyl sites for hydroxylation is 1. The van der Waals surface area contributed by atoms with Crippen LogP contribution in [0, 0.1) is 24.5 Å². The van der Waals surface area contributed by atoms with Crippen LogP contribution in [0.3, 0.4) is 0 Å². The lowest BCUT2D eigenvalue weighted by Crippen LogP contribution is -2.33. The van der Waals surface area contributed by atoms with E-state index in [1.54, 1.807) is 0 Å². The van der Waals surface area contributed by atoms with E-state index in [0.717, 1.165) is 18.9 Å². The highest BCUT2D eigenvalue weighted by Gasteiger charge is 2.28. The van der Waals surface area contributed by atoms with Crippen LogP contribution < -0.4 is 4.72 Å². The first-order chi connectivity index (χ1) is 9.31. The first-order valence-electron chi connectivity index (χ1n) is 6.44. The molecule has 0 heterocycles. The average Bonchev–Trinajstić information content (AvgIpc) is 2.77. The molecule has 2 atom stereocenters. The van der Waals surface area contributed by atoms with Crippen LogP contribution in [0.4, 0.5) is 8.78 Å². The van der Waals surface area contributed by atoms with E-state index >= 15 is 0 Å². The highest BCUT2D eigenvalue weighted by Crippen LogP contribution is 2.25. The summed E-state index contributed by atoms with van der Waals surface area (Å²) in [6, 6.07) is 1.53. The lowest BCUT2D eigenvalue weighted by molar-refractivity contribution is 0.134. The zero-order valence-electron chi connectivity index (χ0n) is 11.1. The Bertz CT molecular complexity index is 604. The number of rotatable bonds is 4. The Morgan fingerprint density at radius 3 is 2.60 bits per heavy atom. The number of hydrogen-bond acceptors (Lipinski definition) is 3. The lowest BCUT2D eigenvalue weighted by atomic mass is 10.1. The molecular formula is C13H17F2NO3S. The number of hydrogen-bond donors (Lipinski definition) is 2. The van der Waals surface area contributed by atoms with E-state index in [1.165, 1.54) is 6.92 Å². The normalized spacial score (nSPS) is 23.2. The van der Waals surface area contributed by atoms with Crippen molar-refractivity contribution < 1.29 is 22.3 Å². The van der Waals surface area contributed by atoms with Crippen molar-refractivity contribution in [1.29, 1.82) is 0 Å². The molecule has 0 bridgehead atoms. The fourth-order valence-electron chi connectivity index (χ4n) is 2.39. The van der Waals surface area contributed by atoms with E-state index in [0.29, 0.717) is 12.5 Å². The second kappa shape index (κ2) is 5.75. The third kappa shape index (κ3) is 3.16. The third-order valence-electron chi connectivity index (χ3n) is 3.66. The molecular weight excluding hydrogens is 288 g/mol. The summed E-state index contributed by atoms with van der Waals surface area (Å²) in [5, 5.41) is 9.63. The quantitative estimate of drug-likeness (QED) is 0.890. The van der Waals surface area contributed by atoms with E-state index in [9.17, 15) is 22.3 Å². The maximum absolute atomic E-state index is 13.6. The van der Waals surface area contributed by atoms with Crippen LogP contribution >= 0.6 is 0 Å². The number of halogens is 2. The molecule has 1 aliphatic rings. The van der Waals surface area contributed by atoms with Gasteiger partial charge in [-0.25, -0.2) is 21.9 Å². The van der Waals surface area contributed by atoms with E-state index in [2.05, 4.69) is 4.72 Å². The van der Waals surface area contributed by atoms with Crippen molar-refractivity contribution >= 4 is 10.0 Å². The minimum Gasteiger partial charge on any atom is -0.393 e. The van der Waals surface area contributed by atoms with E-state index in [4.69, 9.17) is 0 Å². The van der Waals surface area contributed by atoms with Gasteiger partial charge in [-0.3, -0.25) is 0 Å². The van der Waals surface area contributed by atoms with Crippen LogP contribution in [0.1, 0.15) is 24.8 Å². The van der Waals surface area contributed by atoms with E-state index < -0.39 is 32.7 Å². The van der Waals surface area contributed by atoms with Crippen molar-refractivity contribution in [3.05, 3.63) is 29.3 Å². The molecule has 1 aromatic carbocycles. The zero-order valence-corrected chi connectivity index (χ0v) is 11.9. The molecule has 2 rings (SSSR count). The van der Waals surface area contributed by atoms with Gasteiger partial charge in [-0.2, -0.15) is 0 Å². The van der Waals surface area contributed by atoms with E-state index in [1.807, 2.05) is 0 Å². The molecule has 0 saturated heterocycles. The monoisotopic (exact) mass is 305 g/mol. The molecule has 0 unspecified atom stereocenters. The van der Waals surface area contributed by atoms with Crippen LogP contribution in [0.5, 0.6) is 0 Å². The standard InChI is InChI=1S/C13H17F2NO3S/c1-8-5-13(11(15)6-10(8)14)20(18,19)16-7-9-3-2-4-12(9)17/h5-6,9,12,16-17H,2-4,7H2,1H3/t9-,12-/m1/s1. The van der Waals surface area contributed by atoms with Gasteiger partial charge in [0, 0.05) is 12.6 Å². The SMILES string of the molecule is Cc1cc(S(=O)(=O)NC[C@H]2CCC[C@H]2O)c(F)cc1F. The molecule has 0 amide bonds. The predicted octanol–water partition coefficient (Wildman–Crippen LogP) is 1.71. The molecule has 112 valence electrons. The highest BCUT2D eigenvalue weighted by atomic mass is 32.2. The maximum Gasteiger partial charge on any atom is 0.243 e. The third-order valence-corrected chi connectivity index (χ3v) is 5.10. The van der Waals surface area contributed by atoms with Gasteiger partial charge in [-0.15, -0.1) is 0 Å². The number of aliphatic hydroxyl groups is 1. The Hall–Kier alpha value is -1.05. The maximum atomic E-state index is 13.6. The molecule has 0 aromatic heterocycles. The molecule has 7 heteroatoms.